The number of pyridine rings is 1. The second kappa shape index (κ2) is 11.3. The van der Waals surface area contributed by atoms with Gasteiger partial charge in [0.25, 0.3) is 5.91 Å². The Hall–Kier alpha value is -5.12. The molecule has 3 N–H and O–H groups in total. The van der Waals surface area contributed by atoms with Gasteiger partial charge in [-0.05, 0) is 92.1 Å². The van der Waals surface area contributed by atoms with Gasteiger partial charge in [-0.2, -0.15) is 0 Å². The molecule has 2 aromatic carbocycles. The molecule has 0 atom stereocenters. The Morgan fingerprint density at radius 1 is 0.935 bits per heavy atom. The van der Waals surface area contributed by atoms with Crippen molar-refractivity contribution in [2.45, 2.75) is 56.4 Å². The molecule has 2 amide bonds. The molecule has 0 unspecified atom stereocenters. The smallest absolute Gasteiger partial charge is 0.352 e. The summed E-state index contributed by atoms with van der Waals surface area (Å²) < 4.78 is 9.08. The number of aromatic carboxylic acids is 1. The van der Waals surface area contributed by atoms with Crippen LogP contribution < -0.4 is 15.4 Å². The van der Waals surface area contributed by atoms with E-state index in [4.69, 9.17) is 9.72 Å². The zero-order valence-electron chi connectivity index (χ0n) is 26.2. The predicted octanol–water partition coefficient (Wildman–Crippen LogP) is 6.39. The number of methoxy groups -OCH3 is 1. The van der Waals surface area contributed by atoms with E-state index in [1.54, 1.807) is 49.2 Å². The second-order valence-electron chi connectivity index (χ2n) is 12.6. The van der Waals surface area contributed by atoms with Crippen LogP contribution in [0.25, 0.3) is 33.2 Å². The lowest BCUT2D eigenvalue weighted by molar-refractivity contribution is -0.125. The molecular weight excluding hydrogens is 582 g/mol. The van der Waals surface area contributed by atoms with E-state index in [0.717, 1.165) is 47.1 Å². The van der Waals surface area contributed by atoms with Crippen molar-refractivity contribution in [1.29, 1.82) is 0 Å². The van der Waals surface area contributed by atoms with E-state index < -0.39 is 11.5 Å². The number of amides is 2. The van der Waals surface area contributed by atoms with Crippen LogP contribution in [-0.2, 0) is 18.9 Å². The van der Waals surface area contributed by atoms with Gasteiger partial charge in [0, 0.05) is 47.2 Å². The number of hydrogen-bond donors (Lipinski definition) is 3. The van der Waals surface area contributed by atoms with Crippen LogP contribution in [0.4, 0.5) is 5.69 Å². The van der Waals surface area contributed by atoms with Crippen molar-refractivity contribution in [3.05, 3.63) is 77.6 Å². The van der Waals surface area contributed by atoms with Crippen LogP contribution in [0.5, 0.6) is 5.75 Å². The number of ether oxygens (including phenoxy) is 1. The number of hydrogen-bond acceptors (Lipinski definition) is 5. The van der Waals surface area contributed by atoms with E-state index >= 15 is 0 Å². The van der Waals surface area contributed by atoms with Gasteiger partial charge in [-0.1, -0.05) is 18.9 Å². The van der Waals surface area contributed by atoms with Crippen molar-refractivity contribution in [2.24, 2.45) is 14.1 Å². The molecule has 3 aromatic heterocycles. The van der Waals surface area contributed by atoms with Gasteiger partial charge >= 0.3 is 5.97 Å². The third-order valence-electron chi connectivity index (χ3n) is 9.99. The Kier molecular flexibility index (Phi) is 7.30. The van der Waals surface area contributed by atoms with Crippen molar-refractivity contribution in [1.82, 2.24) is 19.4 Å². The number of nitrogens with zero attached hydrogens (tertiary/aromatic N) is 3. The first-order chi connectivity index (χ1) is 22.2. The summed E-state index contributed by atoms with van der Waals surface area (Å²) in [5, 5.41) is 17.3. The molecule has 10 heteroatoms. The number of rotatable bonds is 8. The van der Waals surface area contributed by atoms with Crippen molar-refractivity contribution >= 4 is 45.3 Å². The monoisotopic (exact) mass is 619 g/mol. The number of aromatic nitrogens is 3. The quantitative estimate of drug-likeness (QED) is 0.185. The molecule has 236 valence electrons. The Morgan fingerprint density at radius 3 is 2.37 bits per heavy atom. The first kappa shape index (κ1) is 29.6. The highest BCUT2D eigenvalue weighted by Gasteiger charge is 2.45. The van der Waals surface area contributed by atoms with E-state index in [2.05, 4.69) is 15.2 Å². The first-order valence-corrected chi connectivity index (χ1v) is 15.8. The highest BCUT2D eigenvalue weighted by molar-refractivity contribution is 6.07. The molecular formula is C36H37N5O5. The van der Waals surface area contributed by atoms with E-state index in [-0.39, 0.29) is 17.5 Å². The maximum absolute atomic E-state index is 13.7. The molecule has 7 rings (SSSR count). The molecule has 10 nitrogen and oxygen atoms in total. The van der Waals surface area contributed by atoms with Gasteiger partial charge in [0.15, 0.2) is 0 Å². The van der Waals surface area contributed by atoms with Gasteiger partial charge in [-0.25, -0.2) is 4.79 Å². The standard InChI is InChI=1S/C36H37N5O5/c1-40-28-14-10-24(17-23(28)19-30(40)34(43)44)38-35(45)36(15-6-16-36)39-33(42)22-9-12-26-29(18-22)41(2)32(31(26)21-7-4-5-8-21)27-13-11-25(46-3)20-37-27/h9-14,17-21H,4-8,15-16H2,1-3H3,(H,38,45)(H,39,42)(H,43,44). The Balaban J connectivity index is 1.17. The minimum absolute atomic E-state index is 0.166. The van der Waals surface area contributed by atoms with Crippen molar-refractivity contribution in [2.75, 3.05) is 12.4 Å². The molecule has 46 heavy (non-hydrogen) atoms. The van der Waals surface area contributed by atoms with Gasteiger partial charge in [0.05, 0.1) is 24.7 Å². The summed E-state index contributed by atoms with van der Waals surface area (Å²) in [7, 11) is 5.35. The molecule has 0 bridgehead atoms. The van der Waals surface area contributed by atoms with Crippen LogP contribution in [0.2, 0.25) is 0 Å². The molecule has 0 radical (unpaired) electrons. The molecule has 2 aliphatic rings. The molecule has 0 spiro atoms. The van der Waals surface area contributed by atoms with Crippen LogP contribution in [0.3, 0.4) is 0 Å². The fourth-order valence-electron chi connectivity index (χ4n) is 7.30. The summed E-state index contributed by atoms with van der Waals surface area (Å²) >= 11 is 0. The van der Waals surface area contributed by atoms with Crippen molar-refractivity contribution in [3.63, 3.8) is 0 Å². The number of nitrogens with one attached hydrogen (secondary N) is 2. The van der Waals surface area contributed by atoms with E-state index in [0.29, 0.717) is 41.1 Å². The predicted molar refractivity (Wildman–Crippen MR) is 176 cm³/mol. The van der Waals surface area contributed by atoms with Crippen LogP contribution in [0.15, 0.2) is 60.8 Å². The average molecular weight is 620 g/mol. The minimum atomic E-state index is -1.02. The topological polar surface area (TPSA) is 127 Å². The number of anilines is 1. The molecule has 2 saturated carbocycles. The van der Waals surface area contributed by atoms with Gasteiger partial charge < -0.3 is 29.6 Å². The fraction of sp³-hybridized carbons (Fsp3) is 0.333. The van der Waals surface area contributed by atoms with Gasteiger partial charge in [-0.15, -0.1) is 0 Å². The largest absolute Gasteiger partial charge is 0.495 e. The number of fused-ring (bicyclic) bond motifs is 2. The van der Waals surface area contributed by atoms with Gasteiger partial charge in [-0.3, -0.25) is 14.6 Å². The number of carboxylic acid groups (broad SMARTS) is 1. The maximum Gasteiger partial charge on any atom is 0.352 e. The van der Waals surface area contributed by atoms with E-state index in [9.17, 15) is 19.5 Å². The lowest BCUT2D eigenvalue weighted by Gasteiger charge is -2.40. The Morgan fingerprint density at radius 2 is 1.72 bits per heavy atom. The number of carbonyl (C=O) groups is 3. The summed E-state index contributed by atoms with van der Waals surface area (Å²) in [6.45, 7) is 0. The summed E-state index contributed by atoms with van der Waals surface area (Å²) in [5.41, 5.74) is 5.08. The molecule has 5 aromatic rings. The second-order valence-corrected chi connectivity index (χ2v) is 12.6. The first-order valence-electron chi connectivity index (χ1n) is 15.8. The third kappa shape index (κ3) is 4.88. The van der Waals surface area contributed by atoms with Crippen LogP contribution in [-0.4, -0.2) is 49.7 Å². The van der Waals surface area contributed by atoms with Crippen LogP contribution in [0, 0.1) is 0 Å². The van der Waals surface area contributed by atoms with Crippen LogP contribution >= 0.6 is 0 Å². The SMILES string of the molecule is COc1ccc(-c2c(C3CCCC3)c3ccc(C(=O)NC4(C(=O)Nc5ccc6c(c5)cc(C(=O)O)n6C)CCC4)cc3n2C)nc1. The average Bonchev–Trinajstić information content (AvgIpc) is 3.75. The third-order valence-corrected chi connectivity index (χ3v) is 9.99. The number of carboxylic acids is 1. The summed E-state index contributed by atoms with van der Waals surface area (Å²) in [6, 6.07) is 16.6. The Bertz CT molecular complexity index is 2010. The molecule has 0 aliphatic heterocycles. The van der Waals surface area contributed by atoms with E-state index in [1.165, 1.54) is 18.4 Å². The molecule has 0 saturated heterocycles. The van der Waals surface area contributed by atoms with Crippen LogP contribution in [0.1, 0.15) is 77.3 Å². The summed E-state index contributed by atoms with van der Waals surface area (Å²) in [6.07, 6.45) is 8.28. The fourth-order valence-corrected chi connectivity index (χ4v) is 7.30. The molecule has 2 aliphatic carbocycles. The molecule has 3 heterocycles. The molecule has 2 fully saturated rings. The maximum atomic E-state index is 13.7. The normalized spacial score (nSPS) is 16.0. The summed E-state index contributed by atoms with van der Waals surface area (Å²) in [5.74, 6) is -0.468. The number of aryl methyl sites for hydroxylation is 2. The number of carbonyl (C=O) groups excluding carboxylic acids is 2. The van der Waals surface area contributed by atoms with Gasteiger partial charge in [0.1, 0.15) is 17.0 Å². The van der Waals surface area contributed by atoms with Gasteiger partial charge in [0.2, 0.25) is 5.91 Å². The summed E-state index contributed by atoms with van der Waals surface area (Å²) in [4.78, 5) is 43.7. The zero-order valence-corrected chi connectivity index (χ0v) is 26.2. The van der Waals surface area contributed by atoms with Crippen molar-refractivity contribution in [3.8, 4) is 17.1 Å². The zero-order chi connectivity index (χ0) is 32.2. The highest BCUT2D eigenvalue weighted by Crippen LogP contribution is 2.44. The lowest BCUT2D eigenvalue weighted by Crippen LogP contribution is -2.61. The minimum Gasteiger partial charge on any atom is -0.495 e. The number of benzene rings is 2. The highest BCUT2D eigenvalue weighted by atomic mass is 16.5. The lowest BCUT2D eigenvalue weighted by atomic mass is 9.75. The Labute approximate surface area is 266 Å². The van der Waals surface area contributed by atoms with E-state index in [1.807, 2.05) is 37.4 Å². The van der Waals surface area contributed by atoms with Crippen molar-refractivity contribution < 1.29 is 24.2 Å².